The number of nitrogens with zero attached hydrogens (tertiary/aromatic N) is 3. The molecule has 0 bridgehead atoms. The molecule has 0 atom stereocenters. The van der Waals surface area contributed by atoms with E-state index in [0.29, 0.717) is 6.54 Å². The monoisotopic (exact) mass is 377 g/mol. The van der Waals surface area contributed by atoms with Crippen LogP contribution in [0.5, 0.6) is 5.75 Å². The summed E-state index contributed by atoms with van der Waals surface area (Å²) in [5.74, 6) is 1.62. The van der Waals surface area contributed by atoms with Crippen molar-refractivity contribution in [3.05, 3.63) is 78.1 Å². The number of benzene rings is 2. The minimum absolute atomic E-state index is 0.613. The third-order valence-electron chi connectivity index (χ3n) is 4.42. The van der Waals surface area contributed by atoms with Crippen LogP contribution in [0, 0.1) is 0 Å². The zero-order valence-electron chi connectivity index (χ0n) is 16.4. The molecule has 0 saturated carbocycles. The van der Waals surface area contributed by atoms with Gasteiger partial charge in [0, 0.05) is 19.8 Å². The van der Waals surface area contributed by atoms with Crippen molar-refractivity contribution in [1.82, 2.24) is 20.4 Å². The Morgan fingerprint density at radius 1 is 1.04 bits per heavy atom. The lowest BCUT2D eigenvalue weighted by Gasteiger charge is -2.11. The van der Waals surface area contributed by atoms with Crippen molar-refractivity contribution in [2.24, 2.45) is 4.99 Å². The molecular formula is C22H27N5O. The first-order valence-electron chi connectivity index (χ1n) is 9.46. The SMILES string of the molecule is CN=C(NCCCc1ccccc1)NCc1ccn(-c2ccc(OC)cc2)n1. The first kappa shape index (κ1) is 19.5. The van der Waals surface area contributed by atoms with Crippen molar-refractivity contribution >= 4 is 5.96 Å². The molecule has 1 aromatic heterocycles. The van der Waals surface area contributed by atoms with Crippen molar-refractivity contribution in [2.45, 2.75) is 19.4 Å². The highest BCUT2D eigenvalue weighted by Gasteiger charge is 2.04. The molecule has 0 amide bonds. The molecule has 0 aliphatic heterocycles. The summed E-state index contributed by atoms with van der Waals surface area (Å²) < 4.78 is 7.05. The van der Waals surface area contributed by atoms with E-state index in [9.17, 15) is 0 Å². The van der Waals surface area contributed by atoms with Crippen molar-refractivity contribution in [2.75, 3.05) is 20.7 Å². The number of hydrogen-bond donors (Lipinski definition) is 2. The van der Waals surface area contributed by atoms with Gasteiger partial charge in [-0.25, -0.2) is 4.68 Å². The molecule has 2 N–H and O–H groups in total. The Bertz CT molecular complexity index is 871. The molecule has 0 unspecified atom stereocenters. The fourth-order valence-corrected chi connectivity index (χ4v) is 2.87. The number of hydrogen-bond acceptors (Lipinski definition) is 3. The fourth-order valence-electron chi connectivity index (χ4n) is 2.87. The Kier molecular flexibility index (Phi) is 7.07. The molecular weight excluding hydrogens is 350 g/mol. The Morgan fingerprint density at radius 2 is 1.82 bits per heavy atom. The average molecular weight is 377 g/mol. The van der Waals surface area contributed by atoms with E-state index in [1.165, 1.54) is 5.56 Å². The molecule has 0 radical (unpaired) electrons. The smallest absolute Gasteiger partial charge is 0.191 e. The van der Waals surface area contributed by atoms with Crippen LogP contribution in [-0.4, -0.2) is 36.4 Å². The standard InChI is InChI=1S/C22H27N5O/c1-23-22(24-15-6-9-18-7-4-3-5-8-18)25-17-19-14-16-27(26-19)20-10-12-21(28-2)13-11-20/h3-5,7-8,10-14,16H,6,9,15,17H2,1-2H3,(H2,23,24,25). The third-order valence-corrected chi connectivity index (χ3v) is 4.42. The summed E-state index contributed by atoms with van der Waals surface area (Å²) in [6, 6.07) is 20.3. The Morgan fingerprint density at radius 3 is 2.54 bits per heavy atom. The van der Waals surface area contributed by atoms with Gasteiger partial charge in [0.1, 0.15) is 5.75 Å². The summed E-state index contributed by atoms with van der Waals surface area (Å²) in [5.41, 5.74) is 3.30. The summed E-state index contributed by atoms with van der Waals surface area (Å²) >= 11 is 0. The van der Waals surface area contributed by atoms with Crippen LogP contribution >= 0.6 is 0 Å². The molecule has 0 aliphatic rings. The molecule has 6 heteroatoms. The van der Waals surface area contributed by atoms with Gasteiger partial charge >= 0.3 is 0 Å². The molecule has 1 heterocycles. The Balaban J connectivity index is 1.44. The summed E-state index contributed by atoms with van der Waals surface area (Å²) in [7, 11) is 3.44. The highest BCUT2D eigenvalue weighted by Crippen LogP contribution is 2.14. The minimum atomic E-state index is 0.613. The number of guanidine groups is 1. The van der Waals surface area contributed by atoms with E-state index in [1.807, 2.05) is 47.3 Å². The molecule has 3 aromatic rings. The first-order chi connectivity index (χ1) is 13.8. The quantitative estimate of drug-likeness (QED) is 0.360. The van der Waals surface area contributed by atoms with E-state index in [2.05, 4.69) is 45.0 Å². The van der Waals surface area contributed by atoms with Crippen molar-refractivity contribution in [3.63, 3.8) is 0 Å². The lowest BCUT2D eigenvalue weighted by atomic mass is 10.1. The van der Waals surface area contributed by atoms with Gasteiger partial charge in [-0.2, -0.15) is 5.10 Å². The second kappa shape index (κ2) is 10.2. The second-order valence-corrected chi connectivity index (χ2v) is 6.39. The first-order valence-corrected chi connectivity index (χ1v) is 9.46. The number of aromatic nitrogens is 2. The number of ether oxygens (including phenoxy) is 1. The van der Waals surface area contributed by atoms with Crippen LogP contribution in [0.2, 0.25) is 0 Å². The van der Waals surface area contributed by atoms with E-state index in [1.54, 1.807) is 14.2 Å². The molecule has 28 heavy (non-hydrogen) atoms. The number of rotatable bonds is 8. The maximum atomic E-state index is 5.19. The van der Waals surface area contributed by atoms with Crippen molar-refractivity contribution < 1.29 is 4.74 Å². The Hall–Kier alpha value is -3.28. The normalized spacial score (nSPS) is 11.3. The fraction of sp³-hybridized carbons (Fsp3) is 0.273. The number of aryl methyl sites for hydroxylation is 1. The highest BCUT2D eigenvalue weighted by molar-refractivity contribution is 5.79. The van der Waals surface area contributed by atoms with Gasteiger partial charge in [0.25, 0.3) is 0 Å². The Labute approximate surface area is 166 Å². The maximum Gasteiger partial charge on any atom is 0.191 e. The number of nitrogens with one attached hydrogen (secondary N) is 2. The van der Waals surface area contributed by atoms with Crippen LogP contribution in [-0.2, 0) is 13.0 Å². The largest absolute Gasteiger partial charge is 0.497 e. The number of aliphatic imine (C=N–C) groups is 1. The summed E-state index contributed by atoms with van der Waals surface area (Å²) in [5, 5.41) is 11.3. The molecule has 6 nitrogen and oxygen atoms in total. The van der Waals surface area contributed by atoms with E-state index in [4.69, 9.17) is 4.74 Å². The van der Waals surface area contributed by atoms with Gasteiger partial charge in [-0.3, -0.25) is 4.99 Å². The van der Waals surface area contributed by atoms with Gasteiger partial charge in [0.2, 0.25) is 0 Å². The highest BCUT2D eigenvalue weighted by atomic mass is 16.5. The van der Waals surface area contributed by atoms with Gasteiger partial charge in [0.05, 0.1) is 25.0 Å². The lowest BCUT2D eigenvalue weighted by Crippen LogP contribution is -2.37. The lowest BCUT2D eigenvalue weighted by molar-refractivity contribution is 0.414. The minimum Gasteiger partial charge on any atom is -0.497 e. The zero-order valence-corrected chi connectivity index (χ0v) is 16.4. The van der Waals surface area contributed by atoms with E-state index in [-0.39, 0.29) is 0 Å². The van der Waals surface area contributed by atoms with Gasteiger partial charge in [0.15, 0.2) is 5.96 Å². The van der Waals surface area contributed by atoms with Crippen LogP contribution in [0.4, 0.5) is 0 Å². The second-order valence-electron chi connectivity index (χ2n) is 6.39. The molecule has 2 aromatic carbocycles. The van der Waals surface area contributed by atoms with Gasteiger partial charge < -0.3 is 15.4 Å². The molecule has 0 aliphatic carbocycles. The van der Waals surface area contributed by atoms with E-state index >= 15 is 0 Å². The summed E-state index contributed by atoms with van der Waals surface area (Å²) in [6.45, 7) is 1.48. The van der Waals surface area contributed by atoms with E-state index in [0.717, 1.165) is 42.5 Å². The predicted octanol–water partition coefficient (Wildman–Crippen LogP) is 3.18. The van der Waals surface area contributed by atoms with Crippen LogP contribution in [0.15, 0.2) is 71.9 Å². The van der Waals surface area contributed by atoms with Gasteiger partial charge in [-0.15, -0.1) is 0 Å². The molecule has 3 rings (SSSR count). The van der Waals surface area contributed by atoms with Crippen molar-refractivity contribution in [3.8, 4) is 11.4 Å². The summed E-state index contributed by atoms with van der Waals surface area (Å²) in [4.78, 5) is 4.28. The van der Waals surface area contributed by atoms with E-state index < -0.39 is 0 Å². The van der Waals surface area contributed by atoms with Crippen LogP contribution < -0.4 is 15.4 Å². The topological polar surface area (TPSA) is 63.5 Å². The zero-order chi connectivity index (χ0) is 19.6. The average Bonchev–Trinajstić information content (AvgIpc) is 3.23. The maximum absolute atomic E-state index is 5.19. The molecule has 146 valence electrons. The predicted molar refractivity (Wildman–Crippen MR) is 113 cm³/mol. The molecule has 0 spiro atoms. The van der Waals surface area contributed by atoms with Crippen LogP contribution in [0.25, 0.3) is 5.69 Å². The van der Waals surface area contributed by atoms with Crippen LogP contribution in [0.1, 0.15) is 17.7 Å². The third kappa shape index (κ3) is 5.61. The van der Waals surface area contributed by atoms with Crippen molar-refractivity contribution in [1.29, 1.82) is 0 Å². The number of methoxy groups -OCH3 is 1. The summed E-state index contributed by atoms with van der Waals surface area (Å²) in [6.07, 6.45) is 4.06. The van der Waals surface area contributed by atoms with Gasteiger partial charge in [-0.1, -0.05) is 30.3 Å². The van der Waals surface area contributed by atoms with Crippen LogP contribution in [0.3, 0.4) is 0 Å². The van der Waals surface area contributed by atoms with Gasteiger partial charge in [-0.05, 0) is 48.7 Å². The molecule has 0 fully saturated rings. The molecule has 0 saturated heterocycles.